The van der Waals surface area contributed by atoms with E-state index < -0.39 is 0 Å². The highest BCUT2D eigenvalue weighted by Gasteiger charge is 1.94. The monoisotopic (exact) mass is 231 g/mol. The average Bonchev–Trinajstić information content (AvgIpc) is 1.99. The lowest BCUT2D eigenvalue weighted by Gasteiger charge is -2.05. The second-order valence-electron chi connectivity index (χ2n) is 2.63. The van der Waals surface area contributed by atoms with E-state index in [1.807, 2.05) is 25.1 Å². The third-order valence-corrected chi connectivity index (χ3v) is 1.92. The molecule has 0 aliphatic carbocycles. The molecular weight excluding hydrogens is 221 g/mol. The van der Waals surface area contributed by atoms with E-state index in [-0.39, 0.29) is 6.67 Å². The maximum Gasteiger partial charge on any atom is 0.107 e. The molecule has 3 heteroatoms. The number of nitrogens with one attached hydrogen (secondary N) is 1. The Hall–Kier alpha value is -0.570. The molecule has 1 rings (SSSR count). The number of halogens is 2. The fourth-order valence-electron chi connectivity index (χ4n) is 1.03. The normalized spacial score (nSPS) is 9.92. The molecule has 0 aromatic heterocycles. The fraction of sp³-hybridized carbons (Fsp3) is 0.333. The molecule has 0 radical (unpaired) electrons. The lowest BCUT2D eigenvalue weighted by molar-refractivity contribution is 0.513. The Kier molecular flexibility index (Phi) is 3.53. The summed E-state index contributed by atoms with van der Waals surface area (Å²) < 4.78 is 12.8. The van der Waals surface area contributed by atoms with Crippen molar-refractivity contribution in [3.05, 3.63) is 28.2 Å². The highest BCUT2D eigenvalue weighted by atomic mass is 79.9. The number of benzene rings is 1. The van der Waals surface area contributed by atoms with Crippen LogP contribution in [0, 0.1) is 6.92 Å². The largest absolute Gasteiger partial charge is 0.382 e. The van der Waals surface area contributed by atoms with Gasteiger partial charge in [0.1, 0.15) is 6.67 Å². The molecule has 0 atom stereocenters. The number of alkyl halides is 1. The summed E-state index contributed by atoms with van der Waals surface area (Å²) in [4.78, 5) is 0. The second-order valence-corrected chi connectivity index (χ2v) is 3.55. The molecule has 66 valence electrons. The van der Waals surface area contributed by atoms with Gasteiger partial charge in [0.2, 0.25) is 0 Å². The van der Waals surface area contributed by atoms with Crippen LogP contribution >= 0.6 is 15.9 Å². The van der Waals surface area contributed by atoms with Gasteiger partial charge in [-0.1, -0.05) is 15.9 Å². The molecule has 0 aliphatic heterocycles. The van der Waals surface area contributed by atoms with Crippen molar-refractivity contribution in [3.8, 4) is 0 Å². The molecule has 0 bridgehead atoms. The van der Waals surface area contributed by atoms with E-state index in [9.17, 15) is 4.39 Å². The number of aryl methyl sites for hydroxylation is 1. The van der Waals surface area contributed by atoms with Gasteiger partial charge < -0.3 is 5.32 Å². The summed E-state index contributed by atoms with van der Waals surface area (Å²) in [5, 5.41) is 2.97. The SMILES string of the molecule is Cc1cc(Br)cc(NCCF)c1. The molecule has 12 heavy (non-hydrogen) atoms. The van der Waals surface area contributed by atoms with Crippen molar-refractivity contribution in [3.63, 3.8) is 0 Å². The summed E-state index contributed by atoms with van der Waals surface area (Å²) in [6, 6.07) is 5.93. The molecule has 0 spiro atoms. The highest BCUT2D eigenvalue weighted by molar-refractivity contribution is 9.10. The maximum atomic E-state index is 11.8. The first-order chi connectivity index (χ1) is 5.72. The van der Waals surface area contributed by atoms with Gasteiger partial charge >= 0.3 is 0 Å². The smallest absolute Gasteiger partial charge is 0.107 e. The third-order valence-electron chi connectivity index (χ3n) is 1.47. The zero-order valence-corrected chi connectivity index (χ0v) is 8.49. The van der Waals surface area contributed by atoms with E-state index in [0.29, 0.717) is 6.54 Å². The van der Waals surface area contributed by atoms with Gasteiger partial charge in [0.25, 0.3) is 0 Å². The van der Waals surface area contributed by atoms with Crippen molar-refractivity contribution < 1.29 is 4.39 Å². The predicted molar refractivity (Wildman–Crippen MR) is 53.3 cm³/mol. The minimum Gasteiger partial charge on any atom is -0.382 e. The van der Waals surface area contributed by atoms with Crippen LogP contribution in [0.1, 0.15) is 5.56 Å². The molecule has 0 amide bonds. The fourth-order valence-corrected chi connectivity index (χ4v) is 1.64. The van der Waals surface area contributed by atoms with E-state index in [1.165, 1.54) is 0 Å². The van der Waals surface area contributed by atoms with Crippen molar-refractivity contribution in [2.24, 2.45) is 0 Å². The Morgan fingerprint density at radius 2 is 2.17 bits per heavy atom. The van der Waals surface area contributed by atoms with Crippen LogP contribution in [0.2, 0.25) is 0 Å². The number of anilines is 1. The summed E-state index contributed by atoms with van der Waals surface area (Å²) in [6.45, 7) is 2.03. The molecule has 1 aromatic carbocycles. The lowest BCUT2D eigenvalue weighted by Crippen LogP contribution is -2.02. The second kappa shape index (κ2) is 4.45. The molecule has 0 heterocycles. The molecule has 0 fully saturated rings. The zero-order chi connectivity index (χ0) is 8.97. The first-order valence-corrected chi connectivity index (χ1v) is 4.58. The average molecular weight is 232 g/mol. The van der Waals surface area contributed by atoms with Gasteiger partial charge in [0.15, 0.2) is 0 Å². The summed E-state index contributed by atoms with van der Waals surface area (Å²) in [5.41, 5.74) is 2.12. The Bertz CT molecular complexity index is 242. The van der Waals surface area contributed by atoms with Crippen LogP contribution in [0.25, 0.3) is 0 Å². The Balaban J connectivity index is 2.72. The van der Waals surface area contributed by atoms with Crippen molar-refractivity contribution in [1.82, 2.24) is 0 Å². The predicted octanol–water partition coefficient (Wildman–Crippen LogP) is 3.14. The van der Waals surface area contributed by atoms with Gasteiger partial charge in [0.05, 0.1) is 0 Å². The van der Waals surface area contributed by atoms with Crippen molar-refractivity contribution in [2.45, 2.75) is 6.92 Å². The molecule has 1 nitrogen and oxygen atoms in total. The quantitative estimate of drug-likeness (QED) is 0.844. The Labute approximate surface area is 80.1 Å². The molecule has 1 N–H and O–H groups in total. The van der Waals surface area contributed by atoms with Crippen LogP contribution in [-0.4, -0.2) is 13.2 Å². The molecule has 0 unspecified atom stereocenters. The first kappa shape index (κ1) is 9.52. The van der Waals surface area contributed by atoms with E-state index in [0.717, 1.165) is 15.7 Å². The molecule has 1 aromatic rings. The van der Waals surface area contributed by atoms with Gasteiger partial charge in [-0.15, -0.1) is 0 Å². The summed E-state index contributed by atoms with van der Waals surface area (Å²) in [7, 11) is 0. The molecule has 0 saturated heterocycles. The molecule has 0 aliphatic rings. The summed E-state index contributed by atoms with van der Waals surface area (Å²) in [6.07, 6.45) is 0. The number of rotatable bonds is 3. The van der Waals surface area contributed by atoms with Crippen LogP contribution in [-0.2, 0) is 0 Å². The minimum atomic E-state index is -0.342. The van der Waals surface area contributed by atoms with Crippen LogP contribution in [0.4, 0.5) is 10.1 Å². The van der Waals surface area contributed by atoms with Crippen molar-refractivity contribution >= 4 is 21.6 Å². The van der Waals surface area contributed by atoms with E-state index in [4.69, 9.17) is 0 Å². The van der Waals surface area contributed by atoms with Crippen LogP contribution < -0.4 is 5.32 Å². The molecular formula is C9H11BrFN. The Morgan fingerprint density at radius 1 is 1.42 bits per heavy atom. The van der Waals surface area contributed by atoms with Crippen molar-refractivity contribution in [2.75, 3.05) is 18.5 Å². The maximum absolute atomic E-state index is 11.8. The molecule has 0 saturated carbocycles. The Morgan fingerprint density at radius 3 is 2.75 bits per heavy atom. The van der Waals surface area contributed by atoms with E-state index in [2.05, 4.69) is 21.2 Å². The summed E-state index contributed by atoms with van der Waals surface area (Å²) in [5.74, 6) is 0. The lowest BCUT2D eigenvalue weighted by atomic mass is 10.2. The van der Waals surface area contributed by atoms with Crippen LogP contribution in [0.5, 0.6) is 0 Å². The third kappa shape index (κ3) is 2.81. The van der Waals surface area contributed by atoms with Gasteiger partial charge in [-0.2, -0.15) is 0 Å². The first-order valence-electron chi connectivity index (χ1n) is 3.79. The van der Waals surface area contributed by atoms with Crippen LogP contribution in [0.15, 0.2) is 22.7 Å². The minimum absolute atomic E-state index is 0.342. The zero-order valence-electron chi connectivity index (χ0n) is 6.90. The van der Waals surface area contributed by atoms with Gasteiger partial charge in [-0.3, -0.25) is 0 Å². The van der Waals surface area contributed by atoms with E-state index >= 15 is 0 Å². The number of hydrogen-bond acceptors (Lipinski definition) is 1. The van der Waals surface area contributed by atoms with Crippen molar-refractivity contribution in [1.29, 1.82) is 0 Å². The standard InChI is InChI=1S/C9H11BrFN/c1-7-4-8(10)6-9(5-7)12-3-2-11/h4-6,12H,2-3H2,1H3. The van der Waals surface area contributed by atoms with E-state index in [1.54, 1.807) is 0 Å². The highest BCUT2D eigenvalue weighted by Crippen LogP contribution is 2.18. The van der Waals surface area contributed by atoms with Gasteiger partial charge in [-0.25, -0.2) is 4.39 Å². The topological polar surface area (TPSA) is 12.0 Å². The number of hydrogen-bond donors (Lipinski definition) is 1. The summed E-state index contributed by atoms with van der Waals surface area (Å²) >= 11 is 3.37. The van der Waals surface area contributed by atoms with Gasteiger partial charge in [0, 0.05) is 16.7 Å². The van der Waals surface area contributed by atoms with Gasteiger partial charge in [-0.05, 0) is 30.7 Å². The van der Waals surface area contributed by atoms with Crippen LogP contribution in [0.3, 0.4) is 0 Å².